The van der Waals surface area contributed by atoms with Gasteiger partial charge in [-0.05, 0) is 56.4 Å². The molecule has 1 atom stereocenters. The molecule has 38 heavy (non-hydrogen) atoms. The molecule has 200 valence electrons. The average molecular weight is 513 g/mol. The Morgan fingerprint density at radius 2 is 1.50 bits per heavy atom. The molecular formula is C33H40N2O3. The molecule has 1 aliphatic carbocycles. The summed E-state index contributed by atoms with van der Waals surface area (Å²) in [7, 11) is 0. The minimum atomic E-state index is -0.579. The van der Waals surface area contributed by atoms with Crippen molar-refractivity contribution in [2.75, 3.05) is 6.61 Å². The van der Waals surface area contributed by atoms with Gasteiger partial charge in [-0.15, -0.1) is 0 Å². The standard InChI is InChI=1S/C33H40N2O3/c1-25-14-18-28(19-15-25)24-35(32(36)13-8-22-38-30-20-16-26(2)17-21-30)31(23-27-9-4-3-5-10-27)33(37)34-29-11-6-7-12-29/h3-5,9-10,14-21,29,31H,6-8,11-13,22-24H2,1-2H3,(H,34,37). The highest BCUT2D eigenvalue weighted by molar-refractivity contribution is 5.88. The number of benzene rings is 3. The smallest absolute Gasteiger partial charge is 0.243 e. The third-order valence-corrected chi connectivity index (χ3v) is 7.27. The zero-order valence-electron chi connectivity index (χ0n) is 22.7. The van der Waals surface area contributed by atoms with Crippen molar-refractivity contribution in [3.8, 4) is 5.75 Å². The van der Waals surface area contributed by atoms with Gasteiger partial charge in [0.1, 0.15) is 11.8 Å². The fraction of sp³-hybridized carbons (Fsp3) is 0.394. The first-order valence-corrected chi connectivity index (χ1v) is 13.9. The van der Waals surface area contributed by atoms with E-state index in [9.17, 15) is 9.59 Å². The number of carbonyl (C=O) groups excluding carboxylic acids is 2. The van der Waals surface area contributed by atoms with E-state index in [4.69, 9.17) is 4.74 Å². The van der Waals surface area contributed by atoms with Crippen molar-refractivity contribution < 1.29 is 14.3 Å². The number of rotatable bonds is 12. The first-order valence-electron chi connectivity index (χ1n) is 13.9. The summed E-state index contributed by atoms with van der Waals surface area (Å²) in [5, 5.41) is 3.27. The van der Waals surface area contributed by atoms with Crippen LogP contribution in [0.25, 0.3) is 0 Å². The lowest BCUT2D eigenvalue weighted by Gasteiger charge is -2.32. The molecule has 5 heteroatoms. The van der Waals surface area contributed by atoms with Crippen molar-refractivity contribution in [1.82, 2.24) is 10.2 Å². The van der Waals surface area contributed by atoms with E-state index in [0.29, 0.717) is 32.4 Å². The summed E-state index contributed by atoms with van der Waals surface area (Å²) in [6.45, 7) is 4.94. The molecule has 0 aromatic heterocycles. The SMILES string of the molecule is Cc1ccc(CN(C(=O)CCCOc2ccc(C)cc2)C(Cc2ccccc2)C(=O)NC2CCCC2)cc1. The third kappa shape index (κ3) is 8.20. The van der Waals surface area contributed by atoms with Gasteiger partial charge in [-0.25, -0.2) is 0 Å². The summed E-state index contributed by atoms with van der Waals surface area (Å²) in [5.41, 5.74) is 4.41. The molecule has 1 fully saturated rings. The van der Waals surface area contributed by atoms with E-state index in [1.54, 1.807) is 4.90 Å². The number of amides is 2. The van der Waals surface area contributed by atoms with Crippen molar-refractivity contribution in [2.45, 2.75) is 77.4 Å². The first kappa shape index (κ1) is 27.4. The number of hydrogen-bond acceptors (Lipinski definition) is 3. The largest absolute Gasteiger partial charge is 0.494 e. The van der Waals surface area contributed by atoms with E-state index < -0.39 is 6.04 Å². The van der Waals surface area contributed by atoms with E-state index in [1.807, 2.05) is 80.6 Å². The van der Waals surface area contributed by atoms with Gasteiger partial charge < -0.3 is 15.0 Å². The van der Waals surface area contributed by atoms with Crippen LogP contribution >= 0.6 is 0 Å². The van der Waals surface area contributed by atoms with Crippen molar-refractivity contribution in [3.05, 3.63) is 101 Å². The number of aryl methyl sites for hydroxylation is 2. The van der Waals surface area contributed by atoms with Crippen LogP contribution in [0, 0.1) is 13.8 Å². The van der Waals surface area contributed by atoms with Gasteiger partial charge in [-0.3, -0.25) is 9.59 Å². The van der Waals surface area contributed by atoms with Gasteiger partial charge in [-0.1, -0.05) is 90.7 Å². The Balaban J connectivity index is 1.50. The summed E-state index contributed by atoms with van der Waals surface area (Å²) in [6.07, 6.45) is 5.68. The van der Waals surface area contributed by atoms with E-state index in [2.05, 4.69) is 17.4 Å². The number of hydrogen-bond donors (Lipinski definition) is 1. The maximum absolute atomic E-state index is 13.7. The minimum absolute atomic E-state index is 0.0272. The molecule has 1 N–H and O–H groups in total. The topological polar surface area (TPSA) is 58.6 Å². The van der Waals surface area contributed by atoms with Crippen molar-refractivity contribution in [3.63, 3.8) is 0 Å². The maximum atomic E-state index is 13.7. The molecule has 4 rings (SSSR count). The van der Waals surface area contributed by atoms with E-state index in [1.165, 1.54) is 11.1 Å². The quantitative estimate of drug-likeness (QED) is 0.296. The highest BCUT2D eigenvalue weighted by Crippen LogP contribution is 2.21. The lowest BCUT2D eigenvalue weighted by Crippen LogP contribution is -2.52. The molecule has 0 radical (unpaired) electrons. The van der Waals surface area contributed by atoms with Crippen LogP contribution in [0.5, 0.6) is 5.75 Å². The summed E-state index contributed by atoms with van der Waals surface area (Å²) in [6, 6.07) is 25.7. The van der Waals surface area contributed by atoms with E-state index in [0.717, 1.165) is 42.6 Å². The van der Waals surface area contributed by atoms with Crippen LogP contribution in [0.4, 0.5) is 0 Å². The third-order valence-electron chi connectivity index (χ3n) is 7.27. The van der Waals surface area contributed by atoms with Gasteiger partial charge in [0.15, 0.2) is 0 Å². The van der Waals surface area contributed by atoms with E-state index in [-0.39, 0.29) is 17.9 Å². The molecule has 1 unspecified atom stereocenters. The Bertz CT molecular complexity index is 1150. The van der Waals surface area contributed by atoms with Crippen LogP contribution in [-0.2, 0) is 22.6 Å². The Morgan fingerprint density at radius 1 is 0.868 bits per heavy atom. The van der Waals surface area contributed by atoms with Crippen LogP contribution in [-0.4, -0.2) is 35.4 Å². The van der Waals surface area contributed by atoms with Crippen LogP contribution in [0.15, 0.2) is 78.9 Å². The second kappa shape index (κ2) is 13.8. The molecule has 0 saturated heterocycles. The Morgan fingerprint density at radius 3 is 2.16 bits per heavy atom. The van der Waals surface area contributed by atoms with Gasteiger partial charge in [0.05, 0.1) is 6.61 Å². The lowest BCUT2D eigenvalue weighted by atomic mass is 10.0. The molecule has 5 nitrogen and oxygen atoms in total. The Labute approximate surface area is 227 Å². The molecular weight excluding hydrogens is 472 g/mol. The molecule has 1 aliphatic rings. The van der Waals surface area contributed by atoms with E-state index >= 15 is 0 Å². The highest BCUT2D eigenvalue weighted by Gasteiger charge is 2.31. The summed E-state index contributed by atoms with van der Waals surface area (Å²) in [4.78, 5) is 29.2. The molecule has 3 aromatic rings. The monoisotopic (exact) mass is 512 g/mol. The van der Waals surface area contributed by atoms with Gasteiger partial charge in [0, 0.05) is 25.4 Å². The Hall–Kier alpha value is -3.60. The van der Waals surface area contributed by atoms with Crippen molar-refractivity contribution in [2.24, 2.45) is 0 Å². The first-order chi connectivity index (χ1) is 18.5. The van der Waals surface area contributed by atoms with Crippen LogP contribution in [0.3, 0.4) is 0 Å². The molecule has 2 amide bonds. The summed E-state index contributed by atoms with van der Waals surface area (Å²) in [5.74, 6) is 0.718. The lowest BCUT2D eigenvalue weighted by molar-refractivity contribution is -0.141. The van der Waals surface area contributed by atoms with Gasteiger partial charge >= 0.3 is 0 Å². The number of nitrogens with one attached hydrogen (secondary N) is 1. The average Bonchev–Trinajstić information content (AvgIpc) is 3.44. The van der Waals surface area contributed by atoms with Gasteiger partial charge in [0.25, 0.3) is 0 Å². The minimum Gasteiger partial charge on any atom is -0.494 e. The fourth-order valence-corrected chi connectivity index (χ4v) is 5.00. The molecule has 1 saturated carbocycles. The van der Waals surface area contributed by atoms with Crippen LogP contribution < -0.4 is 10.1 Å². The van der Waals surface area contributed by atoms with Crippen LogP contribution in [0.2, 0.25) is 0 Å². The number of carbonyl (C=O) groups is 2. The molecule has 0 aliphatic heterocycles. The van der Waals surface area contributed by atoms with Crippen LogP contribution in [0.1, 0.15) is 60.8 Å². The molecule has 0 heterocycles. The second-order valence-electron chi connectivity index (χ2n) is 10.5. The van der Waals surface area contributed by atoms with Crippen molar-refractivity contribution in [1.29, 1.82) is 0 Å². The normalized spacial score (nSPS) is 14.2. The van der Waals surface area contributed by atoms with Gasteiger partial charge in [-0.2, -0.15) is 0 Å². The Kier molecular flexibility index (Phi) is 9.97. The zero-order chi connectivity index (χ0) is 26.7. The summed E-state index contributed by atoms with van der Waals surface area (Å²) >= 11 is 0. The summed E-state index contributed by atoms with van der Waals surface area (Å²) < 4.78 is 5.86. The predicted molar refractivity (Wildman–Crippen MR) is 152 cm³/mol. The fourth-order valence-electron chi connectivity index (χ4n) is 5.00. The number of ether oxygens (including phenoxy) is 1. The van der Waals surface area contributed by atoms with Crippen molar-refractivity contribution >= 4 is 11.8 Å². The highest BCUT2D eigenvalue weighted by atomic mass is 16.5. The molecule has 0 spiro atoms. The molecule has 0 bridgehead atoms. The molecule has 3 aromatic carbocycles. The maximum Gasteiger partial charge on any atom is 0.243 e. The zero-order valence-corrected chi connectivity index (χ0v) is 22.7. The number of nitrogens with zero attached hydrogens (tertiary/aromatic N) is 1. The van der Waals surface area contributed by atoms with Gasteiger partial charge in [0.2, 0.25) is 11.8 Å². The second-order valence-corrected chi connectivity index (χ2v) is 10.5. The predicted octanol–water partition coefficient (Wildman–Crippen LogP) is 6.16.